The van der Waals surface area contributed by atoms with E-state index in [9.17, 15) is 4.79 Å². The summed E-state index contributed by atoms with van der Waals surface area (Å²) in [6, 6.07) is 12.4. The molecule has 5 aromatic rings. The third-order valence-electron chi connectivity index (χ3n) is 7.62. The average molecular weight is 527 g/mol. The minimum atomic E-state index is -0.468. The summed E-state index contributed by atoms with van der Waals surface area (Å²) in [6.45, 7) is 3.30. The summed E-state index contributed by atoms with van der Waals surface area (Å²) in [5.74, 6) is 0.192. The summed E-state index contributed by atoms with van der Waals surface area (Å²) in [5, 5.41) is 9.12. The third kappa shape index (κ3) is 4.11. The van der Waals surface area contributed by atoms with Crippen molar-refractivity contribution in [3.63, 3.8) is 0 Å². The molecule has 1 fully saturated rings. The van der Waals surface area contributed by atoms with E-state index in [-0.39, 0.29) is 12.0 Å². The number of ether oxygens (including phenoxy) is 3. The smallest absolute Gasteiger partial charge is 0.341 e. The lowest BCUT2D eigenvalue weighted by molar-refractivity contribution is 0.0549. The maximum Gasteiger partial charge on any atom is 0.341 e. The highest BCUT2D eigenvalue weighted by Crippen LogP contribution is 2.44. The van der Waals surface area contributed by atoms with Crippen LogP contribution in [-0.4, -0.2) is 62.9 Å². The summed E-state index contributed by atoms with van der Waals surface area (Å²) in [7, 11) is 4.83. The molecule has 0 amide bonds. The molecule has 200 valence electrons. The summed E-state index contributed by atoms with van der Waals surface area (Å²) < 4.78 is 20.7. The number of benzene rings is 1. The van der Waals surface area contributed by atoms with Gasteiger partial charge in [0.25, 0.3) is 0 Å². The standard InChI is InChI=1S/C29H30N6O4/c1-17-25(34(2)33-32-17)20-14-22-24(30-15-20)23-27(21(29(36)38-4)16-31-28(23)37-3)35(22)26(18-8-6-5-7-9-18)19-10-12-39-13-11-19/h5-9,14-16,19,26H,10-13H2,1-4H3/t26-/m1/s1. The topological polar surface area (TPSA) is 106 Å². The number of esters is 1. The Morgan fingerprint density at radius 2 is 1.87 bits per heavy atom. The molecule has 0 N–H and O–H groups in total. The Kier molecular flexibility index (Phi) is 6.48. The van der Waals surface area contributed by atoms with Crippen LogP contribution in [0.3, 0.4) is 0 Å². The zero-order valence-corrected chi connectivity index (χ0v) is 22.4. The molecule has 10 heteroatoms. The van der Waals surface area contributed by atoms with Crippen molar-refractivity contribution in [2.24, 2.45) is 13.0 Å². The molecule has 0 spiro atoms. The minimum absolute atomic E-state index is 0.103. The minimum Gasteiger partial charge on any atom is -0.480 e. The Labute approximate surface area is 225 Å². The predicted molar refractivity (Wildman–Crippen MR) is 146 cm³/mol. The molecule has 10 nitrogen and oxygen atoms in total. The molecule has 0 radical (unpaired) electrons. The Morgan fingerprint density at radius 1 is 1.10 bits per heavy atom. The lowest BCUT2D eigenvalue weighted by Gasteiger charge is -2.33. The van der Waals surface area contributed by atoms with Crippen molar-refractivity contribution in [1.82, 2.24) is 29.5 Å². The van der Waals surface area contributed by atoms with Gasteiger partial charge in [0.05, 0.1) is 48.1 Å². The Morgan fingerprint density at radius 3 is 2.54 bits per heavy atom. The lowest BCUT2D eigenvalue weighted by atomic mass is 9.86. The van der Waals surface area contributed by atoms with Crippen LogP contribution in [0.15, 0.2) is 48.8 Å². The maximum absolute atomic E-state index is 13.2. The van der Waals surface area contributed by atoms with Crippen molar-refractivity contribution >= 4 is 27.9 Å². The van der Waals surface area contributed by atoms with Crippen LogP contribution in [0.2, 0.25) is 0 Å². The SMILES string of the molecule is COC(=O)c1cnc(OC)c2c3ncc(-c4c(C)nnn4C)cc3n([C@H](c3ccccc3)C3CCOCC3)c12. The number of pyridine rings is 2. The molecule has 1 aliphatic heterocycles. The van der Waals surface area contributed by atoms with Gasteiger partial charge in [-0.3, -0.25) is 4.98 Å². The van der Waals surface area contributed by atoms with Crippen LogP contribution in [-0.2, 0) is 16.5 Å². The van der Waals surface area contributed by atoms with E-state index in [0.29, 0.717) is 41.1 Å². The summed E-state index contributed by atoms with van der Waals surface area (Å²) in [4.78, 5) is 22.6. The van der Waals surface area contributed by atoms with Gasteiger partial charge in [-0.1, -0.05) is 35.5 Å². The summed E-state index contributed by atoms with van der Waals surface area (Å²) >= 11 is 0. The molecule has 5 heterocycles. The Balaban J connectivity index is 1.77. The third-order valence-corrected chi connectivity index (χ3v) is 7.62. The number of carbonyl (C=O) groups excluding carboxylic acids is 1. The van der Waals surface area contributed by atoms with Crippen molar-refractivity contribution in [3.8, 4) is 17.1 Å². The quantitative estimate of drug-likeness (QED) is 0.298. The highest BCUT2D eigenvalue weighted by Gasteiger charge is 2.33. The molecule has 1 aliphatic rings. The van der Waals surface area contributed by atoms with Gasteiger partial charge in [-0.25, -0.2) is 14.5 Å². The van der Waals surface area contributed by atoms with Gasteiger partial charge >= 0.3 is 5.97 Å². The number of aromatic nitrogens is 6. The fourth-order valence-corrected chi connectivity index (χ4v) is 5.90. The van der Waals surface area contributed by atoms with Crippen molar-refractivity contribution in [2.45, 2.75) is 25.8 Å². The number of rotatable bonds is 6. The normalized spacial score (nSPS) is 15.1. The zero-order valence-electron chi connectivity index (χ0n) is 22.4. The van der Waals surface area contributed by atoms with Gasteiger partial charge in [-0.2, -0.15) is 0 Å². The molecule has 0 saturated carbocycles. The van der Waals surface area contributed by atoms with E-state index in [1.807, 2.05) is 38.4 Å². The number of hydrogen-bond acceptors (Lipinski definition) is 8. The molecule has 6 rings (SSSR count). The second-order valence-electron chi connectivity index (χ2n) is 9.81. The van der Waals surface area contributed by atoms with Crippen molar-refractivity contribution in [2.75, 3.05) is 27.4 Å². The number of aryl methyl sites for hydroxylation is 2. The largest absolute Gasteiger partial charge is 0.480 e. The molecule has 0 bridgehead atoms. The van der Waals surface area contributed by atoms with E-state index in [4.69, 9.17) is 19.2 Å². The van der Waals surface area contributed by atoms with Crippen LogP contribution >= 0.6 is 0 Å². The molecule has 0 aliphatic carbocycles. The van der Waals surface area contributed by atoms with Crippen LogP contribution in [0.1, 0.15) is 40.5 Å². The lowest BCUT2D eigenvalue weighted by Crippen LogP contribution is -2.27. The highest BCUT2D eigenvalue weighted by atomic mass is 16.5. The van der Waals surface area contributed by atoms with E-state index in [1.165, 1.54) is 13.3 Å². The van der Waals surface area contributed by atoms with Crippen LogP contribution in [0.25, 0.3) is 33.2 Å². The molecule has 1 atom stereocenters. The number of fused-ring (bicyclic) bond motifs is 3. The van der Waals surface area contributed by atoms with Crippen LogP contribution < -0.4 is 4.74 Å². The van der Waals surface area contributed by atoms with Crippen molar-refractivity contribution in [1.29, 1.82) is 0 Å². The number of nitrogens with zero attached hydrogens (tertiary/aromatic N) is 6. The fraction of sp³-hybridized carbons (Fsp3) is 0.345. The molecule has 0 unspecified atom stereocenters. The second kappa shape index (κ2) is 10.1. The van der Waals surface area contributed by atoms with Crippen molar-refractivity contribution in [3.05, 3.63) is 65.6 Å². The first kappa shape index (κ1) is 25.0. The van der Waals surface area contributed by atoms with E-state index in [1.54, 1.807) is 11.8 Å². The number of hydrogen-bond donors (Lipinski definition) is 0. The molecular formula is C29H30N6O4. The van der Waals surface area contributed by atoms with E-state index in [2.05, 4.69) is 38.1 Å². The molecule has 1 aromatic carbocycles. The molecule has 4 aromatic heterocycles. The van der Waals surface area contributed by atoms with Crippen LogP contribution in [0.4, 0.5) is 0 Å². The maximum atomic E-state index is 13.2. The molecular weight excluding hydrogens is 496 g/mol. The molecule has 1 saturated heterocycles. The monoisotopic (exact) mass is 526 g/mol. The van der Waals surface area contributed by atoms with Gasteiger partial charge < -0.3 is 18.8 Å². The fourth-order valence-electron chi connectivity index (χ4n) is 5.90. The van der Waals surface area contributed by atoms with Gasteiger partial charge in [-0.15, -0.1) is 5.10 Å². The second-order valence-corrected chi connectivity index (χ2v) is 9.81. The first-order valence-electron chi connectivity index (χ1n) is 13.0. The highest BCUT2D eigenvalue weighted by molar-refractivity contribution is 6.15. The summed E-state index contributed by atoms with van der Waals surface area (Å²) in [5.41, 5.74) is 6.31. The van der Waals surface area contributed by atoms with Gasteiger partial charge in [0, 0.05) is 38.2 Å². The van der Waals surface area contributed by atoms with E-state index in [0.717, 1.165) is 40.9 Å². The van der Waals surface area contributed by atoms with E-state index < -0.39 is 5.97 Å². The first-order chi connectivity index (χ1) is 19.0. The average Bonchev–Trinajstić information content (AvgIpc) is 3.49. The summed E-state index contributed by atoms with van der Waals surface area (Å²) in [6.07, 6.45) is 5.11. The first-order valence-corrected chi connectivity index (χ1v) is 13.0. The van der Waals surface area contributed by atoms with Gasteiger partial charge in [0.1, 0.15) is 11.1 Å². The number of methoxy groups -OCH3 is 2. The van der Waals surface area contributed by atoms with E-state index >= 15 is 0 Å². The van der Waals surface area contributed by atoms with Crippen molar-refractivity contribution < 1.29 is 19.0 Å². The van der Waals surface area contributed by atoms with Gasteiger partial charge in [0.15, 0.2) is 0 Å². The predicted octanol–water partition coefficient (Wildman–Crippen LogP) is 4.50. The zero-order chi connectivity index (χ0) is 27.1. The Hall–Kier alpha value is -4.31. The van der Waals surface area contributed by atoms with Gasteiger partial charge in [0.2, 0.25) is 5.88 Å². The van der Waals surface area contributed by atoms with Crippen LogP contribution in [0, 0.1) is 12.8 Å². The Bertz CT molecular complexity index is 1650. The number of carbonyl (C=O) groups is 1. The van der Waals surface area contributed by atoms with Gasteiger partial charge in [-0.05, 0) is 37.3 Å². The molecule has 39 heavy (non-hydrogen) atoms. The van der Waals surface area contributed by atoms with Crippen LogP contribution in [0.5, 0.6) is 5.88 Å².